The molecule has 0 amide bonds. The van der Waals surface area contributed by atoms with E-state index in [9.17, 15) is 9.90 Å². The van der Waals surface area contributed by atoms with Gasteiger partial charge in [0.05, 0.1) is 12.1 Å². The van der Waals surface area contributed by atoms with Crippen molar-refractivity contribution in [2.45, 2.75) is 19.1 Å². The van der Waals surface area contributed by atoms with E-state index in [1.807, 2.05) is 0 Å². The van der Waals surface area contributed by atoms with Gasteiger partial charge in [0.15, 0.2) is 0 Å². The average Bonchev–Trinajstić information content (AvgIpc) is 1.64. The third-order valence-electron chi connectivity index (χ3n) is 0.698. The molecule has 0 aliphatic heterocycles. The lowest BCUT2D eigenvalue weighted by molar-refractivity contribution is -0.317. The normalized spacial score (nSPS) is 17.4. The molecule has 0 aromatic heterocycles. The highest BCUT2D eigenvalue weighted by Gasteiger charge is 2.09. The van der Waals surface area contributed by atoms with Gasteiger partial charge in [-0.3, -0.25) is 0 Å². The third kappa shape index (κ3) is 1.90. The molecule has 0 rings (SSSR count). The van der Waals surface area contributed by atoms with Crippen LogP contribution in [0.15, 0.2) is 0 Å². The second-order valence-corrected chi connectivity index (χ2v) is 1.50. The van der Waals surface area contributed by atoms with Crippen LogP contribution in [0.1, 0.15) is 6.92 Å². The molecule has 0 heterocycles. The number of aliphatic hydroxyl groups excluding tert-OH is 2. The van der Waals surface area contributed by atoms with Crippen LogP contribution >= 0.6 is 0 Å². The van der Waals surface area contributed by atoms with Gasteiger partial charge < -0.3 is 20.1 Å². The van der Waals surface area contributed by atoms with Gasteiger partial charge in [-0.25, -0.2) is 0 Å². The van der Waals surface area contributed by atoms with Crippen LogP contribution in [0.25, 0.3) is 0 Å². The van der Waals surface area contributed by atoms with Crippen molar-refractivity contribution in [3.05, 3.63) is 0 Å². The van der Waals surface area contributed by atoms with Crippen LogP contribution in [0.4, 0.5) is 0 Å². The Morgan fingerprint density at radius 3 is 2.00 bits per heavy atom. The molecule has 0 spiro atoms. The summed E-state index contributed by atoms with van der Waals surface area (Å²) in [6.45, 7) is 1.17. The first-order valence-corrected chi connectivity index (χ1v) is 2.12. The Labute approximate surface area is 46.4 Å². The highest BCUT2D eigenvalue weighted by Crippen LogP contribution is 1.87. The lowest BCUT2D eigenvalue weighted by Crippen LogP contribution is -2.42. The summed E-state index contributed by atoms with van der Waals surface area (Å²) in [5, 5.41) is 26.2. The smallest absolute Gasteiger partial charge is 0.119 e. The number of rotatable bonds is 2. The quantitative estimate of drug-likeness (QED) is 0.420. The predicted molar refractivity (Wildman–Crippen MR) is 22.7 cm³/mol. The fourth-order valence-electron chi connectivity index (χ4n) is 0.197. The molecule has 2 N–H and O–H groups in total. The largest absolute Gasteiger partial charge is 0.547 e. The molecular formula is C4H7O4-. The van der Waals surface area contributed by atoms with Gasteiger partial charge in [-0.05, 0) is 6.92 Å². The molecule has 0 fully saturated rings. The van der Waals surface area contributed by atoms with Crippen molar-refractivity contribution < 1.29 is 20.1 Å². The fourth-order valence-corrected chi connectivity index (χ4v) is 0.197. The molecule has 48 valence electrons. The van der Waals surface area contributed by atoms with Gasteiger partial charge >= 0.3 is 0 Å². The maximum atomic E-state index is 9.62. The summed E-state index contributed by atoms with van der Waals surface area (Å²) in [6.07, 6.45) is -3.03. The fraction of sp³-hybridized carbons (Fsp3) is 0.750. The van der Waals surface area contributed by atoms with Crippen molar-refractivity contribution in [2.75, 3.05) is 0 Å². The van der Waals surface area contributed by atoms with E-state index >= 15 is 0 Å². The SMILES string of the molecule is CC(O)C(O)C(=O)[O-]. The van der Waals surface area contributed by atoms with Gasteiger partial charge in [0.25, 0.3) is 0 Å². The lowest BCUT2D eigenvalue weighted by Gasteiger charge is -2.12. The van der Waals surface area contributed by atoms with Crippen LogP contribution in [-0.4, -0.2) is 28.4 Å². The minimum Gasteiger partial charge on any atom is -0.547 e. The number of carboxylic acids is 1. The Morgan fingerprint density at radius 1 is 1.62 bits per heavy atom. The number of carbonyl (C=O) groups is 1. The van der Waals surface area contributed by atoms with Gasteiger partial charge in [0.2, 0.25) is 0 Å². The molecule has 4 nitrogen and oxygen atoms in total. The van der Waals surface area contributed by atoms with Crippen LogP contribution in [0.2, 0.25) is 0 Å². The third-order valence-corrected chi connectivity index (χ3v) is 0.698. The molecular weight excluding hydrogens is 112 g/mol. The number of hydrogen-bond acceptors (Lipinski definition) is 4. The Balaban J connectivity index is 3.64. The van der Waals surface area contributed by atoms with Crippen LogP contribution in [0, 0.1) is 0 Å². The van der Waals surface area contributed by atoms with Crippen LogP contribution in [0.3, 0.4) is 0 Å². The van der Waals surface area contributed by atoms with Gasteiger partial charge in [-0.1, -0.05) is 0 Å². The molecule has 4 heteroatoms. The topological polar surface area (TPSA) is 80.6 Å². The second kappa shape index (κ2) is 2.64. The molecule has 0 aliphatic carbocycles. The molecule has 0 saturated carbocycles. The predicted octanol–water partition coefficient (Wildman–Crippen LogP) is -2.52. The zero-order chi connectivity index (χ0) is 6.73. The summed E-state index contributed by atoms with van der Waals surface area (Å²) in [7, 11) is 0. The van der Waals surface area contributed by atoms with Crippen molar-refractivity contribution in [1.29, 1.82) is 0 Å². The molecule has 8 heavy (non-hydrogen) atoms. The van der Waals surface area contributed by atoms with E-state index in [0.717, 1.165) is 0 Å². The van der Waals surface area contributed by atoms with Crippen molar-refractivity contribution in [1.82, 2.24) is 0 Å². The number of carbonyl (C=O) groups excluding carboxylic acids is 1. The summed E-state index contributed by atoms with van der Waals surface area (Å²) in [5.74, 6) is -1.65. The number of hydrogen-bond donors (Lipinski definition) is 2. The molecule has 0 bridgehead atoms. The summed E-state index contributed by atoms with van der Waals surface area (Å²) in [6, 6.07) is 0. The summed E-state index contributed by atoms with van der Waals surface area (Å²) in [4.78, 5) is 9.62. The van der Waals surface area contributed by atoms with E-state index < -0.39 is 18.2 Å². The Hall–Kier alpha value is -0.610. The summed E-state index contributed by atoms with van der Waals surface area (Å²) in [5.41, 5.74) is 0. The number of carboxylic acid groups (broad SMARTS) is 1. The van der Waals surface area contributed by atoms with E-state index in [2.05, 4.69) is 0 Å². The van der Waals surface area contributed by atoms with Gasteiger partial charge in [0.1, 0.15) is 6.10 Å². The first-order chi connectivity index (χ1) is 3.55. The van der Waals surface area contributed by atoms with Crippen LogP contribution < -0.4 is 5.11 Å². The Kier molecular flexibility index (Phi) is 2.44. The maximum Gasteiger partial charge on any atom is 0.119 e. The number of aliphatic hydroxyl groups is 2. The monoisotopic (exact) mass is 119 g/mol. The lowest BCUT2D eigenvalue weighted by atomic mass is 10.2. The summed E-state index contributed by atoms with van der Waals surface area (Å²) < 4.78 is 0. The highest BCUT2D eigenvalue weighted by atomic mass is 16.4. The first-order valence-electron chi connectivity index (χ1n) is 2.12. The second-order valence-electron chi connectivity index (χ2n) is 1.50. The van der Waals surface area contributed by atoms with Crippen molar-refractivity contribution in [3.8, 4) is 0 Å². The minimum absolute atomic E-state index is 1.17. The molecule has 0 radical (unpaired) electrons. The molecule has 0 aromatic rings. The first kappa shape index (κ1) is 7.39. The van der Waals surface area contributed by atoms with Crippen molar-refractivity contribution >= 4 is 5.97 Å². The van der Waals surface area contributed by atoms with Gasteiger partial charge in [0, 0.05) is 0 Å². The van der Waals surface area contributed by atoms with E-state index in [4.69, 9.17) is 10.2 Å². The number of aliphatic carboxylic acids is 1. The van der Waals surface area contributed by atoms with Gasteiger partial charge in [-0.2, -0.15) is 0 Å². The zero-order valence-electron chi connectivity index (χ0n) is 4.37. The van der Waals surface area contributed by atoms with E-state index in [-0.39, 0.29) is 0 Å². The maximum absolute atomic E-state index is 9.62. The average molecular weight is 119 g/mol. The van der Waals surface area contributed by atoms with Crippen LogP contribution in [-0.2, 0) is 4.79 Å². The minimum atomic E-state index is -1.77. The zero-order valence-corrected chi connectivity index (χ0v) is 4.37. The summed E-state index contributed by atoms with van der Waals surface area (Å²) >= 11 is 0. The highest BCUT2D eigenvalue weighted by molar-refractivity contribution is 5.70. The van der Waals surface area contributed by atoms with E-state index in [1.54, 1.807) is 0 Å². The molecule has 2 unspecified atom stereocenters. The van der Waals surface area contributed by atoms with Crippen molar-refractivity contribution in [3.63, 3.8) is 0 Å². The Morgan fingerprint density at radius 2 is 2.00 bits per heavy atom. The standard InChI is InChI=1S/C4H8O4/c1-2(5)3(6)4(7)8/h2-3,5-6H,1H3,(H,7,8)/p-1. The molecule has 0 aliphatic rings. The Bertz CT molecular complexity index is 88.0. The van der Waals surface area contributed by atoms with Gasteiger partial charge in [-0.15, -0.1) is 0 Å². The van der Waals surface area contributed by atoms with E-state index in [0.29, 0.717) is 0 Å². The van der Waals surface area contributed by atoms with E-state index in [1.165, 1.54) is 6.92 Å². The molecule has 0 saturated heterocycles. The molecule has 0 aromatic carbocycles. The molecule has 2 atom stereocenters. The van der Waals surface area contributed by atoms with Crippen molar-refractivity contribution in [2.24, 2.45) is 0 Å². The van der Waals surface area contributed by atoms with Crippen LogP contribution in [0.5, 0.6) is 0 Å².